The van der Waals surface area contributed by atoms with Gasteiger partial charge in [0.25, 0.3) is 5.91 Å². The Hall–Kier alpha value is -3.84. The molecule has 1 amide bonds. The SMILES string of the molecule is Cc1ccc(O)c(C(=O)c2ccc(C(=O)C[C@@H]3CNC[C@H]3NC(=O)c3ccncc3)cc2)c1. The number of nitrogens with zero attached hydrogens (tertiary/aromatic N) is 1. The van der Waals surface area contributed by atoms with Gasteiger partial charge in [0, 0.05) is 60.6 Å². The Bertz CT molecular complexity index is 1180. The second-order valence-electron chi connectivity index (χ2n) is 8.29. The minimum Gasteiger partial charge on any atom is -0.507 e. The van der Waals surface area contributed by atoms with Crippen molar-refractivity contribution < 1.29 is 19.5 Å². The number of rotatable bonds is 7. The third-order valence-corrected chi connectivity index (χ3v) is 5.91. The molecule has 0 radical (unpaired) electrons. The van der Waals surface area contributed by atoms with Crippen molar-refractivity contribution >= 4 is 17.5 Å². The molecule has 2 atom stereocenters. The molecule has 0 saturated carbocycles. The van der Waals surface area contributed by atoms with Crippen LogP contribution in [0.15, 0.2) is 67.0 Å². The molecule has 3 aromatic rings. The highest BCUT2D eigenvalue weighted by molar-refractivity contribution is 6.11. The third kappa shape index (κ3) is 5.15. The first-order valence-corrected chi connectivity index (χ1v) is 10.8. The van der Waals surface area contributed by atoms with Gasteiger partial charge in [-0.05, 0) is 31.2 Å². The summed E-state index contributed by atoms with van der Waals surface area (Å²) in [6.07, 6.45) is 3.41. The monoisotopic (exact) mass is 443 g/mol. The van der Waals surface area contributed by atoms with Gasteiger partial charge in [0.2, 0.25) is 0 Å². The molecule has 0 bridgehead atoms. The van der Waals surface area contributed by atoms with Gasteiger partial charge in [0.1, 0.15) is 5.75 Å². The van der Waals surface area contributed by atoms with Gasteiger partial charge in [-0.25, -0.2) is 0 Å². The van der Waals surface area contributed by atoms with E-state index >= 15 is 0 Å². The number of amides is 1. The number of phenols is 1. The second kappa shape index (κ2) is 9.75. The Balaban J connectivity index is 1.40. The summed E-state index contributed by atoms with van der Waals surface area (Å²) in [4.78, 5) is 42.0. The van der Waals surface area contributed by atoms with Crippen molar-refractivity contribution in [3.8, 4) is 5.75 Å². The first-order valence-electron chi connectivity index (χ1n) is 10.8. The van der Waals surface area contributed by atoms with E-state index in [2.05, 4.69) is 15.6 Å². The lowest BCUT2D eigenvalue weighted by atomic mass is 9.93. The van der Waals surface area contributed by atoms with E-state index in [1.807, 2.05) is 6.92 Å². The molecule has 2 heterocycles. The predicted octanol–water partition coefficient (Wildman–Crippen LogP) is 2.92. The number of hydrogen-bond acceptors (Lipinski definition) is 6. The molecule has 33 heavy (non-hydrogen) atoms. The number of nitrogens with one attached hydrogen (secondary N) is 2. The predicted molar refractivity (Wildman–Crippen MR) is 124 cm³/mol. The number of Topliss-reactive ketones (excluding diaryl/α,β-unsaturated/α-hetero) is 1. The van der Waals surface area contributed by atoms with Gasteiger partial charge in [0.15, 0.2) is 11.6 Å². The summed E-state index contributed by atoms with van der Waals surface area (Å²) in [5.41, 5.74) is 2.54. The van der Waals surface area contributed by atoms with Crippen molar-refractivity contribution in [3.05, 3.63) is 94.8 Å². The van der Waals surface area contributed by atoms with Gasteiger partial charge in [-0.3, -0.25) is 19.4 Å². The zero-order valence-corrected chi connectivity index (χ0v) is 18.2. The van der Waals surface area contributed by atoms with Crippen LogP contribution in [0.5, 0.6) is 5.75 Å². The molecular formula is C26H25N3O4. The van der Waals surface area contributed by atoms with Crippen molar-refractivity contribution in [2.24, 2.45) is 5.92 Å². The Kier molecular flexibility index (Phi) is 6.60. The number of ketones is 2. The van der Waals surface area contributed by atoms with Crippen molar-refractivity contribution in [1.82, 2.24) is 15.6 Å². The lowest BCUT2D eigenvalue weighted by Crippen LogP contribution is -2.41. The van der Waals surface area contributed by atoms with Crippen molar-refractivity contribution in [2.45, 2.75) is 19.4 Å². The number of pyridine rings is 1. The van der Waals surface area contributed by atoms with Gasteiger partial charge >= 0.3 is 0 Å². The summed E-state index contributed by atoms with van der Waals surface area (Å²) in [5.74, 6) is -0.641. The molecule has 7 nitrogen and oxygen atoms in total. The molecule has 1 aromatic heterocycles. The van der Waals surface area contributed by atoms with E-state index in [0.717, 1.165) is 5.56 Å². The average Bonchev–Trinajstić information content (AvgIpc) is 3.27. The van der Waals surface area contributed by atoms with Crippen LogP contribution in [0, 0.1) is 12.8 Å². The van der Waals surface area contributed by atoms with Crippen molar-refractivity contribution in [3.63, 3.8) is 0 Å². The largest absolute Gasteiger partial charge is 0.507 e. The molecule has 1 aliphatic heterocycles. The fourth-order valence-electron chi connectivity index (χ4n) is 4.02. The van der Waals surface area contributed by atoms with E-state index < -0.39 is 0 Å². The fourth-order valence-corrected chi connectivity index (χ4v) is 4.02. The number of carbonyl (C=O) groups excluding carboxylic acids is 3. The van der Waals surface area contributed by atoms with Crippen LogP contribution in [0.3, 0.4) is 0 Å². The number of benzene rings is 2. The Morgan fingerprint density at radius 3 is 2.39 bits per heavy atom. The second-order valence-corrected chi connectivity index (χ2v) is 8.29. The van der Waals surface area contributed by atoms with Gasteiger partial charge in [-0.1, -0.05) is 35.9 Å². The maximum absolute atomic E-state index is 12.9. The number of aromatic hydroxyl groups is 1. The Morgan fingerprint density at radius 1 is 0.970 bits per heavy atom. The Labute approximate surface area is 191 Å². The lowest BCUT2D eigenvalue weighted by molar-refractivity contribution is 0.0902. The molecule has 168 valence electrons. The lowest BCUT2D eigenvalue weighted by Gasteiger charge is -2.19. The molecule has 1 fully saturated rings. The summed E-state index contributed by atoms with van der Waals surface area (Å²) in [7, 11) is 0. The highest BCUT2D eigenvalue weighted by Crippen LogP contribution is 2.23. The molecule has 7 heteroatoms. The molecule has 0 spiro atoms. The maximum Gasteiger partial charge on any atom is 0.251 e. The summed E-state index contributed by atoms with van der Waals surface area (Å²) >= 11 is 0. The van der Waals surface area contributed by atoms with E-state index in [4.69, 9.17) is 0 Å². The molecule has 1 saturated heterocycles. The van der Waals surface area contributed by atoms with Crippen molar-refractivity contribution in [2.75, 3.05) is 13.1 Å². The standard InChI is InChI=1S/C26H25N3O4/c1-16-2-7-23(30)21(12-16)25(32)18-5-3-17(4-6-18)24(31)13-20-14-28-15-22(20)29-26(33)19-8-10-27-11-9-19/h2-12,20,22,28,30H,13-15H2,1H3,(H,29,33)/t20-,22-/m1/s1. The first kappa shape index (κ1) is 22.4. The first-order chi connectivity index (χ1) is 15.9. The zero-order valence-electron chi connectivity index (χ0n) is 18.2. The van der Waals surface area contributed by atoms with Crippen molar-refractivity contribution in [1.29, 1.82) is 0 Å². The van der Waals surface area contributed by atoms with Crippen LogP contribution >= 0.6 is 0 Å². The molecule has 2 aromatic carbocycles. The number of carbonyl (C=O) groups is 3. The van der Waals surface area contributed by atoms with Crippen LogP contribution < -0.4 is 10.6 Å². The van der Waals surface area contributed by atoms with E-state index in [-0.39, 0.29) is 47.2 Å². The summed E-state index contributed by atoms with van der Waals surface area (Å²) in [5, 5.41) is 16.3. The fraction of sp³-hybridized carbons (Fsp3) is 0.231. The highest BCUT2D eigenvalue weighted by Gasteiger charge is 2.30. The number of hydrogen-bond donors (Lipinski definition) is 3. The normalized spacial score (nSPS) is 17.5. The Morgan fingerprint density at radius 2 is 1.67 bits per heavy atom. The number of phenolic OH excluding ortho intramolecular Hbond substituents is 1. The average molecular weight is 444 g/mol. The highest BCUT2D eigenvalue weighted by atomic mass is 16.3. The minimum atomic E-state index is -0.297. The van der Waals surface area contributed by atoms with Gasteiger partial charge < -0.3 is 15.7 Å². The summed E-state index contributed by atoms with van der Waals surface area (Å²) < 4.78 is 0. The summed E-state index contributed by atoms with van der Waals surface area (Å²) in [6, 6.07) is 14.5. The van der Waals surface area contributed by atoms with Gasteiger partial charge in [-0.2, -0.15) is 0 Å². The van der Waals surface area contributed by atoms with Crippen LogP contribution in [0.4, 0.5) is 0 Å². The quantitative estimate of drug-likeness (QED) is 0.485. The zero-order chi connectivity index (χ0) is 23.4. The van der Waals surface area contributed by atoms with E-state index in [1.54, 1.807) is 60.9 Å². The van der Waals surface area contributed by atoms with Gasteiger partial charge in [0.05, 0.1) is 5.56 Å². The summed E-state index contributed by atoms with van der Waals surface area (Å²) in [6.45, 7) is 3.08. The maximum atomic E-state index is 12.9. The third-order valence-electron chi connectivity index (χ3n) is 5.91. The topological polar surface area (TPSA) is 108 Å². The smallest absolute Gasteiger partial charge is 0.251 e. The molecule has 4 rings (SSSR count). The number of aryl methyl sites for hydroxylation is 1. The van der Waals surface area contributed by atoms with Crippen LogP contribution in [0.1, 0.15) is 48.6 Å². The molecule has 0 aliphatic carbocycles. The van der Waals surface area contributed by atoms with E-state index in [1.165, 1.54) is 6.07 Å². The van der Waals surface area contributed by atoms with Crippen LogP contribution in [-0.2, 0) is 0 Å². The van der Waals surface area contributed by atoms with Crippen LogP contribution in [0.25, 0.3) is 0 Å². The molecular weight excluding hydrogens is 418 g/mol. The van der Waals surface area contributed by atoms with Gasteiger partial charge in [-0.15, -0.1) is 0 Å². The van der Waals surface area contributed by atoms with E-state index in [0.29, 0.717) is 29.8 Å². The van der Waals surface area contributed by atoms with E-state index in [9.17, 15) is 19.5 Å². The number of aromatic nitrogens is 1. The molecule has 0 unspecified atom stereocenters. The van der Waals surface area contributed by atoms with Crippen LogP contribution in [0.2, 0.25) is 0 Å². The molecule has 3 N–H and O–H groups in total. The van der Waals surface area contributed by atoms with Crippen LogP contribution in [-0.4, -0.2) is 46.7 Å². The molecule has 1 aliphatic rings. The minimum absolute atomic E-state index is 0.0335.